The van der Waals surface area contributed by atoms with Gasteiger partial charge in [-0.25, -0.2) is 4.79 Å². The molecule has 0 fully saturated rings. The molecule has 3 N–H and O–H groups in total. The maximum Gasteiger partial charge on any atom is 0.328 e. The van der Waals surface area contributed by atoms with Crippen LogP contribution in [0.15, 0.2) is 28.7 Å². The molecule has 5 nitrogen and oxygen atoms in total. The zero-order valence-electron chi connectivity index (χ0n) is 8.89. The quantitative estimate of drug-likeness (QED) is 0.741. The smallest absolute Gasteiger partial charge is 0.328 e. The van der Waals surface area contributed by atoms with Gasteiger partial charge in [-0.05, 0) is 17.7 Å². The highest BCUT2D eigenvalue weighted by Crippen LogP contribution is 2.10. The number of halogens is 1. The molecule has 1 amide bonds. The molecule has 0 spiro atoms. The lowest BCUT2D eigenvalue weighted by atomic mass is 10.1. The SMILES string of the molecule is O=C(Cc1ccc(Br)cc1)N[C@@H](CO)C(=O)O. The molecule has 0 heterocycles. The molecule has 1 aromatic carbocycles. The van der Waals surface area contributed by atoms with Crippen LogP contribution < -0.4 is 5.32 Å². The lowest BCUT2D eigenvalue weighted by Crippen LogP contribution is -2.43. The summed E-state index contributed by atoms with van der Waals surface area (Å²) in [5, 5.41) is 19.6. The van der Waals surface area contributed by atoms with Crippen molar-refractivity contribution in [3.63, 3.8) is 0 Å². The molecule has 1 atom stereocenters. The third-order valence-electron chi connectivity index (χ3n) is 2.09. The Hall–Kier alpha value is -1.40. The second kappa shape index (κ2) is 6.36. The van der Waals surface area contributed by atoms with Crippen molar-refractivity contribution in [1.29, 1.82) is 0 Å². The number of nitrogens with one attached hydrogen (secondary N) is 1. The molecule has 1 rings (SSSR count). The fourth-order valence-electron chi connectivity index (χ4n) is 1.22. The molecule has 0 aliphatic rings. The van der Waals surface area contributed by atoms with Gasteiger partial charge in [0.2, 0.25) is 5.91 Å². The number of aliphatic hydroxyl groups excluding tert-OH is 1. The van der Waals surface area contributed by atoms with Gasteiger partial charge in [-0.3, -0.25) is 4.79 Å². The predicted octanol–water partition coefficient (Wildman–Crippen LogP) is 0.553. The van der Waals surface area contributed by atoms with E-state index in [0.29, 0.717) is 0 Å². The summed E-state index contributed by atoms with van der Waals surface area (Å²) in [6.45, 7) is -0.624. The number of aliphatic carboxylic acids is 1. The van der Waals surface area contributed by atoms with Crippen LogP contribution in [-0.2, 0) is 16.0 Å². The van der Waals surface area contributed by atoms with Crippen LogP contribution in [-0.4, -0.2) is 34.7 Å². The van der Waals surface area contributed by atoms with Gasteiger partial charge in [-0.2, -0.15) is 0 Å². The molecular weight excluding hydrogens is 290 g/mol. The molecule has 0 aliphatic heterocycles. The number of amides is 1. The average Bonchev–Trinajstić information content (AvgIpc) is 2.28. The highest BCUT2D eigenvalue weighted by Gasteiger charge is 2.18. The van der Waals surface area contributed by atoms with Gasteiger partial charge in [0.1, 0.15) is 6.04 Å². The Labute approximate surface area is 107 Å². The summed E-state index contributed by atoms with van der Waals surface area (Å²) in [4.78, 5) is 22.1. The maximum atomic E-state index is 11.5. The summed E-state index contributed by atoms with van der Waals surface area (Å²) >= 11 is 3.27. The Morgan fingerprint density at radius 3 is 2.35 bits per heavy atom. The van der Waals surface area contributed by atoms with Crippen molar-refractivity contribution in [1.82, 2.24) is 5.32 Å². The fourth-order valence-corrected chi connectivity index (χ4v) is 1.48. The highest BCUT2D eigenvalue weighted by atomic mass is 79.9. The second-order valence-corrected chi connectivity index (χ2v) is 4.36. The van der Waals surface area contributed by atoms with Crippen molar-refractivity contribution in [3.05, 3.63) is 34.3 Å². The Balaban J connectivity index is 2.54. The van der Waals surface area contributed by atoms with E-state index in [1.807, 2.05) is 0 Å². The van der Waals surface area contributed by atoms with Crippen LogP contribution in [0.5, 0.6) is 0 Å². The minimum absolute atomic E-state index is 0.0804. The minimum Gasteiger partial charge on any atom is -0.480 e. The number of carbonyl (C=O) groups is 2. The van der Waals surface area contributed by atoms with E-state index in [0.717, 1.165) is 10.0 Å². The van der Waals surface area contributed by atoms with Gasteiger partial charge in [-0.1, -0.05) is 28.1 Å². The van der Waals surface area contributed by atoms with E-state index >= 15 is 0 Å². The number of aliphatic hydroxyl groups is 1. The van der Waals surface area contributed by atoms with Crippen LogP contribution in [0.4, 0.5) is 0 Å². The zero-order valence-corrected chi connectivity index (χ0v) is 10.5. The molecule has 0 unspecified atom stereocenters. The third-order valence-corrected chi connectivity index (χ3v) is 2.62. The standard InChI is InChI=1S/C11H12BrNO4/c12-8-3-1-7(2-4-8)5-10(15)13-9(6-14)11(16)17/h1-4,9,14H,5-6H2,(H,13,15)(H,16,17)/t9-/m0/s1. The van der Waals surface area contributed by atoms with Crippen molar-refractivity contribution in [3.8, 4) is 0 Å². The van der Waals surface area contributed by atoms with Crippen molar-refractivity contribution in [2.45, 2.75) is 12.5 Å². The molecule has 0 radical (unpaired) electrons. The van der Waals surface area contributed by atoms with Gasteiger partial charge in [-0.15, -0.1) is 0 Å². The van der Waals surface area contributed by atoms with Gasteiger partial charge in [0.05, 0.1) is 13.0 Å². The van der Waals surface area contributed by atoms with Crippen LogP contribution in [0, 0.1) is 0 Å². The Kier molecular flexibility index (Phi) is 5.11. The van der Waals surface area contributed by atoms with E-state index in [-0.39, 0.29) is 6.42 Å². The van der Waals surface area contributed by atoms with Crippen LogP contribution in [0.25, 0.3) is 0 Å². The monoisotopic (exact) mass is 301 g/mol. The van der Waals surface area contributed by atoms with Crippen molar-refractivity contribution in [2.24, 2.45) is 0 Å². The Morgan fingerprint density at radius 1 is 1.29 bits per heavy atom. The summed E-state index contributed by atoms with van der Waals surface area (Å²) in [7, 11) is 0. The van der Waals surface area contributed by atoms with Gasteiger partial charge in [0, 0.05) is 4.47 Å². The number of rotatable bonds is 5. The van der Waals surface area contributed by atoms with Crippen LogP contribution in [0.1, 0.15) is 5.56 Å². The molecule has 92 valence electrons. The topological polar surface area (TPSA) is 86.6 Å². The van der Waals surface area contributed by atoms with Gasteiger partial charge in [0.15, 0.2) is 0 Å². The van der Waals surface area contributed by atoms with E-state index in [1.165, 1.54) is 0 Å². The predicted molar refractivity (Wildman–Crippen MR) is 64.5 cm³/mol. The summed E-state index contributed by atoms with van der Waals surface area (Å²) in [6, 6.07) is 5.86. The van der Waals surface area contributed by atoms with Crippen molar-refractivity contribution >= 4 is 27.8 Å². The molecule has 1 aromatic rings. The number of hydrogen-bond donors (Lipinski definition) is 3. The normalized spacial score (nSPS) is 11.9. The van der Waals surface area contributed by atoms with Gasteiger partial charge < -0.3 is 15.5 Å². The Bertz CT molecular complexity index is 404. The molecule has 0 aliphatic carbocycles. The van der Waals surface area contributed by atoms with Crippen LogP contribution in [0.3, 0.4) is 0 Å². The van der Waals surface area contributed by atoms with E-state index in [2.05, 4.69) is 21.2 Å². The summed E-state index contributed by atoms with van der Waals surface area (Å²) in [6.07, 6.45) is 0.0804. The summed E-state index contributed by atoms with van der Waals surface area (Å²) in [5.74, 6) is -1.69. The first-order valence-corrected chi connectivity index (χ1v) is 5.69. The molecule has 6 heteroatoms. The fraction of sp³-hybridized carbons (Fsp3) is 0.273. The van der Waals surface area contributed by atoms with Crippen LogP contribution >= 0.6 is 15.9 Å². The van der Waals surface area contributed by atoms with E-state index in [4.69, 9.17) is 10.2 Å². The van der Waals surface area contributed by atoms with E-state index < -0.39 is 24.5 Å². The third kappa shape index (κ3) is 4.54. The first-order valence-electron chi connectivity index (χ1n) is 4.90. The largest absolute Gasteiger partial charge is 0.480 e. The van der Waals surface area contributed by atoms with Gasteiger partial charge >= 0.3 is 5.97 Å². The lowest BCUT2D eigenvalue weighted by molar-refractivity contribution is -0.142. The maximum absolute atomic E-state index is 11.5. The number of hydrogen-bond acceptors (Lipinski definition) is 3. The van der Waals surface area contributed by atoms with E-state index in [9.17, 15) is 9.59 Å². The van der Waals surface area contributed by atoms with Crippen molar-refractivity contribution < 1.29 is 19.8 Å². The lowest BCUT2D eigenvalue weighted by Gasteiger charge is -2.11. The van der Waals surface area contributed by atoms with Crippen molar-refractivity contribution in [2.75, 3.05) is 6.61 Å². The molecule has 17 heavy (non-hydrogen) atoms. The molecule has 0 bridgehead atoms. The zero-order chi connectivity index (χ0) is 12.8. The second-order valence-electron chi connectivity index (χ2n) is 3.44. The number of carbonyl (C=O) groups excluding carboxylic acids is 1. The number of benzene rings is 1. The molecular formula is C11H12BrNO4. The Morgan fingerprint density at radius 2 is 1.88 bits per heavy atom. The van der Waals surface area contributed by atoms with Crippen LogP contribution in [0.2, 0.25) is 0 Å². The first kappa shape index (κ1) is 13.7. The summed E-state index contributed by atoms with van der Waals surface area (Å²) in [5.41, 5.74) is 0.771. The molecule has 0 aromatic heterocycles. The average molecular weight is 302 g/mol. The number of carboxylic acids is 1. The summed E-state index contributed by atoms with van der Waals surface area (Å²) < 4.78 is 0.903. The highest BCUT2D eigenvalue weighted by molar-refractivity contribution is 9.10. The molecule has 0 saturated heterocycles. The minimum atomic E-state index is -1.25. The van der Waals surface area contributed by atoms with E-state index in [1.54, 1.807) is 24.3 Å². The number of carboxylic acid groups (broad SMARTS) is 1. The molecule has 0 saturated carbocycles. The first-order chi connectivity index (χ1) is 8.02. The van der Waals surface area contributed by atoms with Gasteiger partial charge in [0.25, 0.3) is 0 Å².